The third kappa shape index (κ3) is 4.26. The molecule has 0 spiro atoms. The highest BCUT2D eigenvalue weighted by Crippen LogP contribution is 2.35. The Morgan fingerprint density at radius 2 is 1.86 bits per heavy atom. The van der Waals surface area contributed by atoms with Crippen molar-refractivity contribution < 1.29 is 19.8 Å². The highest BCUT2D eigenvalue weighted by molar-refractivity contribution is 7.15. The molecule has 0 radical (unpaired) electrons. The summed E-state index contributed by atoms with van der Waals surface area (Å²) in [5.74, 6) is -1.81. The van der Waals surface area contributed by atoms with Gasteiger partial charge in [-0.25, -0.2) is 10.2 Å². The second kappa shape index (κ2) is 8.24. The van der Waals surface area contributed by atoms with Gasteiger partial charge in [-0.15, -0.1) is 11.3 Å². The molecule has 1 amide bonds. The van der Waals surface area contributed by atoms with Crippen LogP contribution in [0.5, 0.6) is 5.75 Å². The molecule has 2 heterocycles. The lowest BCUT2D eigenvalue weighted by Gasteiger charge is -2.04. The lowest BCUT2D eigenvalue weighted by molar-refractivity contribution is 0.0702. The van der Waals surface area contributed by atoms with E-state index in [-0.39, 0.29) is 26.9 Å². The van der Waals surface area contributed by atoms with E-state index in [1.165, 1.54) is 16.8 Å². The molecule has 0 unspecified atom stereocenters. The standard InChI is InChI=1S/C18H14Cl2N4O4S/c1-8(21-22-17(26)12-5-6-13(29-12)18(27)28)14-16(25)15(24(2)23-14)9-3-4-10(19)11(20)7-9/h3-7,25H,1-2H3,(H,22,26)(H,27,28)/b21-8-. The lowest BCUT2D eigenvalue weighted by Crippen LogP contribution is -2.18. The molecule has 0 aliphatic heterocycles. The van der Waals surface area contributed by atoms with Gasteiger partial charge in [-0.05, 0) is 31.2 Å². The summed E-state index contributed by atoms with van der Waals surface area (Å²) < 4.78 is 1.46. The van der Waals surface area contributed by atoms with Crippen LogP contribution in [0.25, 0.3) is 11.3 Å². The molecule has 2 aromatic heterocycles. The van der Waals surface area contributed by atoms with Crippen LogP contribution >= 0.6 is 34.5 Å². The number of thiophene rings is 1. The molecule has 11 heteroatoms. The van der Waals surface area contributed by atoms with Crippen molar-refractivity contribution in [3.8, 4) is 17.0 Å². The van der Waals surface area contributed by atoms with Gasteiger partial charge in [0.25, 0.3) is 5.91 Å². The first-order chi connectivity index (χ1) is 13.7. The number of aromatic hydroxyl groups is 1. The van der Waals surface area contributed by atoms with Crippen LogP contribution in [0.3, 0.4) is 0 Å². The zero-order valence-corrected chi connectivity index (χ0v) is 17.4. The third-order valence-corrected chi connectivity index (χ3v) is 5.73. The normalized spacial score (nSPS) is 11.5. The molecule has 1 aromatic carbocycles. The van der Waals surface area contributed by atoms with E-state index in [9.17, 15) is 14.7 Å². The number of nitrogens with one attached hydrogen (secondary N) is 1. The third-order valence-electron chi connectivity index (χ3n) is 3.92. The van der Waals surface area contributed by atoms with Gasteiger partial charge in [0.2, 0.25) is 0 Å². The van der Waals surface area contributed by atoms with Crippen molar-refractivity contribution in [2.24, 2.45) is 12.1 Å². The van der Waals surface area contributed by atoms with Gasteiger partial charge in [0.05, 0.1) is 20.6 Å². The number of carbonyl (C=O) groups is 2. The number of hydrogen-bond acceptors (Lipinski definition) is 6. The number of nitrogens with zero attached hydrogens (tertiary/aromatic N) is 3. The monoisotopic (exact) mass is 452 g/mol. The summed E-state index contributed by atoms with van der Waals surface area (Å²) in [5.41, 5.74) is 3.77. The van der Waals surface area contributed by atoms with Gasteiger partial charge in [0.1, 0.15) is 10.6 Å². The minimum absolute atomic E-state index is 0.0458. The number of aromatic nitrogens is 2. The molecule has 29 heavy (non-hydrogen) atoms. The summed E-state index contributed by atoms with van der Waals surface area (Å²) in [5, 5.41) is 28.5. The van der Waals surface area contributed by atoms with Crippen LogP contribution in [0.15, 0.2) is 35.4 Å². The molecular weight excluding hydrogens is 439 g/mol. The molecule has 0 fully saturated rings. The molecule has 8 nitrogen and oxygen atoms in total. The Balaban J connectivity index is 1.85. The Hall–Kier alpha value is -2.88. The number of carbonyl (C=O) groups excluding carboxylic acids is 1. The number of carboxylic acid groups (broad SMARTS) is 1. The maximum absolute atomic E-state index is 12.1. The minimum atomic E-state index is -1.11. The van der Waals surface area contributed by atoms with Gasteiger partial charge in [0, 0.05) is 12.6 Å². The Morgan fingerprint density at radius 1 is 1.17 bits per heavy atom. The van der Waals surface area contributed by atoms with E-state index >= 15 is 0 Å². The SMILES string of the molecule is C/C(=N/NC(=O)c1ccc(C(=O)O)s1)c1nn(C)c(-c2ccc(Cl)c(Cl)c2)c1O. The maximum atomic E-state index is 12.1. The van der Waals surface area contributed by atoms with Crippen LogP contribution in [0, 0.1) is 0 Å². The molecule has 0 saturated carbocycles. The highest BCUT2D eigenvalue weighted by atomic mass is 35.5. The molecule has 0 bridgehead atoms. The molecule has 0 aliphatic carbocycles. The van der Waals surface area contributed by atoms with Crippen molar-refractivity contribution in [3.63, 3.8) is 0 Å². The molecular formula is C18H14Cl2N4O4S. The molecule has 0 saturated heterocycles. The van der Waals surface area contributed by atoms with Crippen LogP contribution in [-0.4, -0.2) is 37.6 Å². The topological polar surface area (TPSA) is 117 Å². The number of aromatic carboxylic acids is 1. The predicted molar refractivity (Wildman–Crippen MR) is 111 cm³/mol. The predicted octanol–water partition coefficient (Wildman–Crippen LogP) is 4.01. The number of hydrazone groups is 1. The zero-order chi connectivity index (χ0) is 21.3. The number of aryl methyl sites for hydroxylation is 1. The summed E-state index contributed by atoms with van der Waals surface area (Å²) in [4.78, 5) is 23.3. The van der Waals surface area contributed by atoms with Crippen LogP contribution in [0.1, 0.15) is 32.0 Å². The molecule has 3 N–H and O–H groups in total. The van der Waals surface area contributed by atoms with Crippen molar-refractivity contribution in [3.05, 3.63) is 55.8 Å². The van der Waals surface area contributed by atoms with E-state index < -0.39 is 11.9 Å². The van der Waals surface area contributed by atoms with Gasteiger partial charge < -0.3 is 10.2 Å². The fourth-order valence-electron chi connectivity index (χ4n) is 2.54. The van der Waals surface area contributed by atoms with E-state index in [4.69, 9.17) is 28.3 Å². The number of halogens is 2. The van der Waals surface area contributed by atoms with Gasteiger partial charge in [0.15, 0.2) is 11.4 Å². The number of hydrogen-bond donors (Lipinski definition) is 3. The second-order valence-corrected chi connectivity index (χ2v) is 7.80. The summed E-state index contributed by atoms with van der Waals surface area (Å²) in [6, 6.07) is 7.65. The van der Waals surface area contributed by atoms with Gasteiger partial charge in [-0.3, -0.25) is 9.48 Å². The molecule has 3 rings (SSSR count). The zero-order valence-electron chi connectivity index (χ0n) is 15.1. The van der Waals surface area contributed by atoms with Crippen molar-refractivity contribution in [1.29, 1.82) is 0 Å². The summed E-state index contributed by atoms with van der Waals surface area (Å²) in [7, 11) is 1.64. The second-order valence-electron chi connectivity index (χ2n) is 5.91. The van der Waals surface area contributed by atoms with E-state index in [1.54, 1.807) is 32.2 Å². The van der Waals surface area contributed by atoms with Crippen LogP contribution in [0.2, 0.25) is 10.0 Å². The van der Waals surface area contributed by atoms with Gasteiger partial charge in [-0.1, -0.05) is 29.3 Å². The molecule has 3 aromatic rings. The van der Waals surface area contributed by atoms with Crippen molar-refractivity contribution >= 4 is 52.1 Å². The van der Waals surface area contributed by atoms with Crippen LogP contribution in [0.4, 0.5) is 0 Å². The molecule has 150 valence electrons. The Labute approximate surface area is 179 Å². The summed E-state index contributed by atoms with van der Waals surface area (Å²) in [6.45, 7) is 1.57. The first-order valence-corrected chi connectivity index (χ1v) is 9.65. The van der Waals surface area contributed by atoms with E-state index in [0.717, 1.165) is 11.3 Å². The quantitative estimate of drug-likeness (QED) is 0.399. The maximum Gasteiger partial charge on any atom is 0.345 e. The first kappa shape index (κ1) is 20.8. The highest BCUT2D eigenvalue weighted by Gasteiger charge is 2.20. The number of rotatable bonds is 5. The fourth-order valence-corrected chi connectivity index (χ4v) is 3.57. The minimum Gasteiger partial charge on any atom is -0.504 e. The summed E-state index contributed by atoms with van der Waals surface area (Å²) in [6.07, 6.45) is 0. The lowest BCUT2D eigenvalue weighted by atomic mass is 10.1. The van der Waals surface area contributed by atoms with Crippen molar-refractivity contribution in [2.75, 3.05) is 0 Å². The Bertz CT molecular complexity index is 1150. The molecule has 0 aliphatic rings. The Kier molecular flexibility index (Phi) is 5.92. The number of amides is 1. The van der Waals surface area contributed by atoms with Crippen molar-refractivity contribution in [1.82, 2.24) is 15.2 Å². The van der Waals surface area contributed by atoms with Crippen molar-refractivity contribution in [2.45, 2.75) is 6.92 Å². The molecule has 0 atom stereocenters. The van der Waals surface area contributed by atoms with Crippen LogP contribution in [-0.2, 0) is 7.05 Å². The van der Waals surface area contributed by atoms with Gasteiger partial charge >= 0.3 is 5.97 Å². The fraction of sp³-hybridized carbons (Fsp3) is 0.111. The average Bonchev–Trinajstić information content (AvgIpc) is 3.27. The van der Waals surface area contributed by atoms with E-state index in [2.05, 4.69) is 15.6 Å². The largest absolute Gasteiger partial charge is 0.504 e. The van der Waals surface area contributed by atoms with Crippen LogP contribution < -0.4 is 5.43 Å². The summed E-state index contributed by atoms with van der Waals surface area (Å²) >= 11 is 12.8. The number of benzene rings is 1. The Morgan fingerprint density at radius 3 is 2.48 bits per heavy atom. The smallest absolute Gasteiger partial charge is 0.345 e. The first-order valence-electron chi connectivity index (χ1n) is 8.08. The van der Waals surface area contributed by atoms with E-state index in [1.807, 2.05) is 0 Å². The number of carboxylic acids is 1. The van der Waals surface area contributed by atoms with E-state index in [0.29, 0.717) is 21.3 Å². The average molecular weight is 453 g/mol. The van der Waals surface area contributed by atoms with Gasteiger partial charge in [-0.2, -0.15) is 10.2 Å².